The van der Waals surface area contributed by atoms with E-state index in [-0.39, 0.29) is 48.5 Å². The fourth-order valence-electron chi connectivity index (χ4n) is 3.23. The van der Waals surface area contributed by atoms with Crippen molar-refractivity contribution in [1.82, 2.24) is 21.3 Å². The number of carbonyl (C=O) groups excluding carboxylic acids is 2. The molecule has 20 heavy (non-hydrogen) atoms. The summed E-state index contributed by atoms with van der Waals surface area (Å²) in [7, 11) is 0. The third-order valence-electron chi connectivity index (χ3n) is 4.43. The van der Waals surface area contributed by atoms with Crippen LogP contribution in [-0.4, -0.2) is 51.1 Å². The predicted molar refractivity (Wildman–Crippen MR) is 80.2 cm³/mol. The van der Waals surface area contributed by atoms with Crippen LogP contribution < -0.4 is 21.3 Å². The zero-order chi connectivity index (χ0) is 12.5. The summed E-state index contributed by atoms with van der Waals surface area (Å²) >= 11 is 0. The highest BCUT2D eigenvalue weighted by Crippen LogP contribution is 2.21. The van der Waals surface area contributed by atoms with E-state index in [1.54, 1.807) is 0 Å². The SMILES string of the molecule is Cl.Cl.O=C1NC[C@@H]2CNC[C@H]12.O=C1NC[C@H]2CNC[C@@H]12. The molecule has 6 nitrogen and oxygen atoms in total. The molecule has 8 heteroatoms. The van der Waals surface area contributed by atoms with Crippen molar-refractivity contribution in [2.75, 3.05) is 39.3 Å². The van der Waals surface area contributed by atoms with Crippen LogP contribution in [0.3, 0.4) is 0 Å². The minimum atomic E-state index is 0. The van der Waals surface area contributed by atoms with Crippen molar-refractivity contribution < 1.29 is 9.59 Å². The molecule has 0 aromatic heterocycles. The molecule has 0 aromatic rings. The lowest BCUT2D eigenvalue weighted by atomic mass is 10.0. The molecule has 4 aliphatic rings. The van der Waals surface area contributed by atoms with Crippen molar-refractivity contribution in [1.29, 1.82) is 0 Å². The van der Waals surface area contributed by atoms with Gasteiger partial charge in [0.25, 0.3) is 0 Å². The van der Waals surface area contributed by atoms with Gasteiger partial charge in [-0.2, -0.15) is 0 Å². The van der Waals surface area contributed by atoms with E-state index in [2.05, 4.69) is 21.3 Å². The van der Waals surface area contributed by atoms with Crippen molar-refractivity contribution in [3.8, 4) is 0 Å². The Morgan fingerprint density at radius 1 is 0.650 bits per heavy atom. The van der Waals surface area contributed by atoms with Gasteiger partial charge in [0.15, 0.2) is 0 Å². The number of fused-ring (bicyclic) bond motifs is 2. The van der Waals surface area contributed by atoms with Crippen molar-refractivity contribution in [2.45, 2.75) is 0 Å². The molecule has 4 atom stereocenters. The lowest BCUT2D eigenvalue weighted by Crippen LogP contribution is -2.24. The van der Waals surface area contributed by atoms with Crippen LogP contribution >= 0.6 is 24.8 Å². The second-order valence-corrected chi connectivity index (χ2v) is 5.54. The van der Waals surface area contributed by atoms with E-state index in [9.17, 15) is 9.59 Å². The Labute approximate surface area is 131 Å². The van der Waals surface area contributed by atoms with Crippen LogP contribution in [-0.2, 0) is 9.59 Å². The Bertz CT molecular complexity index is 335. The number of nitrogens with one attached hydrogen (secondary N) is 4. The fourth-order valence-corrected chi connectivity index (χ4v) is 3.23. The molecule has 0 saturated carbocycles. The Balaban J connectivity index is 0.000000182. The normalized spacial score (nSPS) is 36.6. The smallest absolute Gasteiger partial charge is 0.224 e. The molecule has 0 aliphatic carbocycles. The monoisotopic (exact) mass is 324 g/mol. The molecule has 4 fully saturated rings. The molecular formula is C12H22Cl2N4O2. The number of halogens is 2. The van der Waals surface area contributed by atoms with Crippen LogP contribution in [0.2, 0.25) is 0 Å². The summed E-state index contributed by atoms with van der Waals surface area (Å²) in [6.45, 7) is 5.58. The first-order valence-corrected chi connectivity index (χ1v) is 6.72. The van der Waals surface area contributed by atoms with Crippen LogP contribution in [0.4, 0.5) is 0 Å². The largest absolute Gasteiger partial charge is 0.355 e. The van der Waals surface area contributed by atoms with E-state index in [4.69, 9.17) is 0 Å². The molecule has 0 bridgehead atoms. The first-order chi connectivity index (χ1) is 8.75. The first kappa shape index (κ1) is 17.5. The molecule has 0 aromatic carbocycles. The molecule has 4 N–H and O–H groups in total. The van der Waals surface area contributed by atoms with Crippen molar-refractivity contribution in [2.24, 2.45) is 23.7 Å². The summed E-state index contributed by atoms with van der Waals surface area (Å²) in [6, 6.07) is 0. The van der Waals surface area contributed by atoms with Crippen LogP contribution in [0, 0.1) is 23.7 Å². The molecule has 4 saturated heterocycles. The summed E-state index contributed by atoms with van der Waals surface area (Å²) in [5.74, 6) is 2.21. The van der Waals surface area contributed by atoms with Gasteiger partial charge < -0.3 is 21.3 Å². The molecule has 2 amide bonds. The standard InChI is InChI=1S/2C6H10N2O.2ClH/c2*9-6-5-3-7-1-4(5)2-8-6;;/h2*4-5,7H,1-3H2,(H,8,9);2*1H/t2*4-,5-;;/m10../s1. The molecular weight excluding hydrogens is 303 g/mol. The summed E-state index contributed by atoms with van der Waals surface area (Å²) in [5, 5.41) is 12.1. The maximum Gasteiger partial charge on any atom is 0.224 e. The Kier molecular flexibility index (Phi) is 6.51. The Morgan fingerprint density at radius 2 is 1.05 bits per heavy atom. The van der Waals surface area contributed by atoms with Gasteiger partial charge in [-0.15, -0.1) is 24.8 Å². The lowest BCUT2D eigenvalue weighted by Gasteiger charge is -1.98. The number of rotatable bonds is 0. The van der Waals surface area contributed by atoms with E-state index >= 15 is 0 Å². The third-order valence-corrected chi connectivity index (χ3v) is 4.43. The van der Waals surface area contributed by atoms with Gasteiger partial charge in [-0.05, 0) is 0 Å². The van der Waals surface area contributed by atoms with Crippen LogP contribution in [0.5, 0.6) is 0 Å². The lowest BCUT2D eigenvalue weighted by molar-refractivity contribution is -0.123. The molecule has 4 aliphatic heterocycles. The van der Waals surface area contributed by atoms with E-state index in [1.165, 1.54) is 0 Å². The van der Waals surface area contributed by atoms with E-state index < -0.39 is 0 Å². The molecule has 0 unspecified atom stereocenters. The average molecular weight is 325 g/mol. The minimum absolute atomic E-state index is 0. The highest BCUT2D eigenvalue weighted by atomic mass is 35.5. The van der Waals surface area contributed by atoms with E-state index in [1.807, 2.05) is 0 Å². The quantitative estimate of drug-likeness (QED) is 0.448. The molecule has 116 valence electrons. The van der Waals surface area contributed by atoms with E-state index in [0.29, 0.717) is 11.8 Å². The zero-order valence-corrected chi connectivity index (χ0v) is 12.8. The number of carbonyl (C=O) groups is 2. The van der Waals surface area contributed by atoms with Gasteiger partial charge in [-0.25, -0.2) is 0 Å². The fraction of sp³-hybridized carbons (Fsp3) is 0.833. The number of hydrogen-bond donors (Lipinski definition) is 4. The van der Waals surface area contributed by atoms with Crippen molar-refractivity contribution in [3.05, 3.63) is 0 Å². The van der Waals surface area contributed by atoms with Gasteiger partial charge in [-0.1, -0.05) is 0 Å². The number of amides is 2. The second kappa shape index (κ2) is 7.45. The van der Waals surface area contributed by atoms with Gasteiger partial charge >= 0.3 is 0 Å². The van der Waals surface area contributed by atoms with Crippen LogP contribution in [0.25, 0.3) is 0 Å². The first-order valence-electron chi connectivity index (χ1n) is 6.72. The maximum atomic E-state index is 10.9. The highest BCUT2D eigenvalue weighted by Gasteiger charge is 2.38. The molecule has 4 rings (SSSR count). The average Bonchev–Trinajstić information content (AvgIpc) is 3.06. The summed E-state index contributed by atoms with van der Waals surface area (Å²) in [5.41, 5.74) is 0. The topological polar surface area (TPSA) is 82.3 Å². The van der Waals surface area contributed by atoms with Crippen molar-refractivity contribution >= 4 is 36.6 Å². The van der Waals surface area contributed by atoms with Gasteiger partial charge in [0.05, 0.1) is 11.8 Å². The van der Waals surface area contributed by atoms with Gasteiger partial charge in [0, 0.05) is 51.1 Å². The van der Waals surface area contributed by atoms with E-state index in [0.717, 1.165) is 39.3 Å². The highest BCUT2D eigenvalue weighted by molar-refractivity contribution is 5.85. The van der Waals surface area contributed by atoms with Crippen LogP contribution in [0.15, 0.2) is 0 Å². The Hall–Kier alpha value is -0.560. The summed E-state index contributed by atoms with van der Waals surface area (Å²) < 4.78 is 0. The Morgan fingerprint density at radius 3 is 1.40 bits per heavy atom. The van der Waals surface area contributed by atoms with Crippen molar-refractivity contribution in [3.63, 3.8) is 0 Å². The number of hydrogen-bond acceptors (Lipinski definition) is 4. The van der Waals surface area contributed by atoms with Gasteiger partial charge in [0.2, 0.25) is 11.8 Å². The summed E-state index contributed by atoms with van der Waals surface area (Å²) in [4.78, 5) is 21.8. The van der Waals surface area contributed by atoms with Crippen LogP contribution in [0.1, 0.15) is 0 Å². The molecule has 0 radical (unpaired) electrons. The second-order valence-electron chi connectivity index (χ2n) is 5.54. The van der Waals surface area contributed by atoms with Gasteiger partial charge in [-0.3, -0.25) is 9.59 Å². The summed E-state index contributed by atoms with van der Waals surface area (Å²) in [6.07, 6.45) is 0. The minimum Gasteiger partial charge on any atom is -0.355 e. The molecule has 4 heterocycles. The molecule has 0 spiro atoms. The maximum absolute atomic E-state index is 10.9. The zero-order valence-electron chi connectivity index (χ0n) is 11.2. The third kappa shape index (κ3) is 3.36. The van der Waals surface area contributed by atoms with Gasteiger partial charge in [0.1, 0.15) is 0 Å². The predicted octanol–water partition coefficient (Wildman–Crippen LogP) is -1.25.